The number of nitrogens with one attached hydrogen (secondary N) is 1. The molecule has 0 aliphatic heterocycles. The Labute approximate surface area is 118 Å². The average Bonchev–Trinajstić information content (AvgIpc) is 2.46. The summed E-state index contributed by atoms with van der Waals surface area (Å²) in [7, 11) is 0. The minimum Gasteiger partial charge on any atom is -0.370 e. The summed E-state index contributed by atoms with van der Waals surface area (Å²) in [5.74, 6) is 1.76. The highest BCUT2D eigenvalue weighted by molar-refractivity contribution is 7.99. The standard InChI is InChI=1S/C14H18N4S/c1-3-8-15-12-10-14(18-11(4-2)17-12)19-13-7-5-6-9-16-13/h5-7,9-10H,3-4,8H2,1-2H3,(H,15,17,18). The molecule has 0 bridgehead atoms. The number of anilines is 1. The number of rotatable bonds is 6. The van der Waals surface area contributed by atoms with Crippen LogP contribution in [0.25, 0.3) is 0 Å². The van der Waals surface area contributed by atoms with Gasteiger partial charge in [-0.1, -0.05) is 19.9 Å². The van der Waals surface area contributed by atoms with Gasteiger partial charge in [-0.3, -0.25) is 0 Å². The Hall–Kier alpha value is -1.62. The molecule has 5 heteroatoms. The first kappa shape index (κ1) is 13.8. The third kappa shape index (κ3) is 4.21. The number of aryl methyl sites for hydroxylation is 1. The minimum absolute atomic E-state index is 0.831. The Balaban J connectivity index is 2.19. The SMILES string of the molecule is CCCNc1cc(Sc2ccccn2)nc(CC)n1. The first-order valence-corrected chi connectivity index (χ1v) is 7.34. The van der Waals surface area contributed by atoms with E-state index in [4.69, 9.17) is 0 Å². The largest absolute Gasteiger partial charge is 0.370 e. The summed E-state index contributed by atoms with van der Waals surface area (Å²) in [6.45, 7) is 5.13. The zero-order valence-electron chi connectivity index (χ0n) is 11.3. The Morgan fingerprint density at radius 2 is 2.05 bits per heavy atom. The van der Waals surface area contributed by atoms with E-state index in [1.54, 1.807) is 18.0 Å². The lowest BCUT2D eigenvalue weighted by Gasteiger charge is -2.08. The maximum absolute atomic E-state index is 4.53. The molecule has 0 spiro atoms. The van der Waals surface area contributed by atoms with Crippen LogP contribution in [-0.2, 0) is 6.42 Å². The van der Waals surface area contributed by atoms with E-state index >= 15 is 0 Å². The van der Waals surface area contributed by atoms with Gasteiger partial charge in [-0.2, -0.15) is 0 Å². The maximum Gasteiger partial charge on any atom is 0.131 e. The van der Waals surface area contributed by atoms with Crippen molar-refractivity contribution >= 4 is 17.6 Å². The summed E-state index contributed by atoms with van der Waals surface area (Å²) >= 11 is 1.56. The highest BCUT2D eigenvalue weighted by atomic mass is 32.2. The molecule has 4 nitrogen and oxygen atoms in total. The van der Waals surface area contributed by atoms with Gasteiger partial charge in [0.1, 0.15) is 21.7 Å². The summed E-state index contributed by atoms with van der Waals surface area (Å²) in [4.78, 5) is 13.3. The second-order valence-corrected chi connectivity index (χ2v) is 5.10. The van der Waals surface area contributed by atoms with Crippen molar-refractivity contribution < 1.29 is 0 Å². The zero-order valence-corrected chi connectivity index (χ0v) is 12.1. The molecule has 0 saturated carbocycles. The van der Waals surface area contributed by atoms with Gasteiger partial charge in [0.2, 0.25) is 0 Å². The molecule has 0 atom stereocenters. The van der Waals surface area contributed by atoms with Crippen molar-refractivity contribution in [2.24, 2.45) is 0 Å². The van der Waals surface area contributed by atoms with E-state index in [-0.39, 0.29) is 0 Å². The van der Waals surface area contributed by atoms with Crippen LogP contribution >= 0.6 is 11.8 Å². The van der Waals surface area contributed by atoms with E-state index in [1.807, 2.05) is 24.3 Å². The first-order valence-electron chi connectivity index (χ1n) is 6.52. The third-order valence-corrected chi connectivity index (χ3v) is 3.34. The monoisotopic (exact) mass is 274 g/mol. The molecule has 2 aromatic heterocycles. The summed E-state index contributed by atoms with van der Waals surface area (Å²) in [5.41, 5.74) is 0. The molecule has 0 saturated heterocycles. The molecule has 0 fully saturated rings. The maximum atomic E-state index is 4.53. The lowest BCUT2D eigenvalue weighted by atomic mass is 10.4. The van der Waals surface area contributed by atoms with Gasteiger partial charge in [-0.05, 0) is 30.3 Å². The summed E-state index contributed by atoms with van der Waals surface area (Å²) in [5, 5.41) is 5.19. The zero-order chi connectivity index (χ0) is 13.5. The molecule has 2 heterocycles. The van der Waals surface area contributed by atoms with Crippen LogP contribution in [0.4, 0.5) is 5.82 Å². The summed E-state index contributed by atoms with van der Waals surface area (Å²) < 4.78 is 0. The molecular formula is C14H18N4S. The predicted molar refractivity (Wildman–Crippen MR) is 78.6 cm³/mol. The average molecular weight is 274 g/mol. The van der Waals surface area contributed by atoms with Gasteiger partial charge < -0.3 is 5.32 Å². The van der Waals surface area contributed by atoms with Crippen molar-refractivity contribution in [1.82, 2.24) is 15.0 Å². The van der Waals surface area contributed by atoms with Crippen LogP contribution in [0.2, 0.25) is 0 Å². The van der Waals surface area contributed by atoms with Crippen molar-refractivity contribution in [2.75, 3.05) is 11.9 Å². The minimum atomic E-state index is 0.831. The van der Waals surface area contributed by atoms with Crippen LogP contribution in [0, 0.1) is 0 Å². The van der Waals surface area contributed by atoms with Crippen LogP contribution in [-0.4, -0.2) is 21.5 Å². The highest BCUT2D eigenvalue weighted by Crippen LogP contribution is 2.25. The molecule has 19 heavy (non-hydrogen) atoms. The lowest BCUT2D eigenvalue weighted by Crippen LogP contribution is -2.05. The second-order valence-electron chi connectivity index (χ2n) is 4.06. The molecule has 0 aliphatic rings. The Kier molecular flexibility index (Phi) is 5.15. The second kappa shape index (κ2) is 7.09. The number of hydrogen-bond donors (Lipinski definition) is 1. The number of hydrogen-bond acceptors (Lipinski definition) is 5. The van der Waals surface area contributed by atoms with Crippen LogP contribution < -0.4 is 5.32 Å². The van der Waals surface area contributed by atoms with E-state index in [2.05, 4.69) is 34.1 Å². The van der Waals surface area contributed by atoms with Crippen molar-refractivity contribution in [2.45, 2.75) is 36.7 Å². The molecule has 2 aromatic rings. The molecule has 1 N–H and O–H groups in total. The fourth-order valence-corrected chi connectivity index (χ4v) is 2.34. The van der Waals surface area contributed by atoms with Crippen LogP contribution in [0.1, 0.15) is 26.1 Å². The third-order valence-electron chi connectivity index (χ3n) is 2.47. The van der Waals surface area contributed by atoms with Crippen LogP contribution in [0.5, 0.6) is 0 Å². The number of aromatic nitrogens is 3. The quantitative estimate of drug-likeness (QED) is 0.818. The molecule has 2 rings (SSSR count). The lowest BCUT2D eigenvalue weighted by molar-refractivity contribution is 0.876. The molecule has 0 aliphatic carbocycles. The predicted octanol–water partition coefficient (Wildman–Crippen LogP) is 3.41. The molecular weight excluding hydrogens is 256 g/mol. The van der Waals surface area contributed by atoms with Crippen molar-refractivity contribution in [1.29, 1.82) is 0 Å². The van der Waals surface area contributed by atoms with Crippen molar-refractivity contribution in [3.05, 3.63) is 36.3 Å². The molecule has 0 aromatic carbocycles. The van der Waals surface area contributed by atoms with Gasteiger partial charge in [0.05, 0.1) is 0 Å². The summed E-state index contributed by atoms with van der Waals surface area (Å²) in [6, 6.07) is 7.86. The molecule has 0 unspecified atom stereocenters. The number of pyridine rings is 1. The van der Waals surface area contributed by atoms with Crippen molar-refractivity contribution in [3.8, 4) is 0 Å². The van der Waals surface area contributed by atoms with E-state index in [1.165, 1.54) is 0 Å². The van der Waals surface area contributed by atoms with Crippen LogP contribution in [0.15, 0.2) is 40.5 Å². The molecule has 0 radical (unpaired) electrons. The smallest absolute Gasteiger partial charge is 0.131 e. The van der Waals surface area contributed by atoms with E-state index < -0.39 is 0 Å². The van der Waals surface area contributed by atoms with Gasteiger partial charge >= 0.3 is 0 Å². The van der Waals surface area contributed by atoms with Gasteiger partial charge in [0.15, 0.2) is 0 Å². The number of nitrogens with zero attached hydrogens (tertiary/aromatic N) is 3. The topological polar surface area (TPSA) is 50.7 Å². The fourth-order valence-electron chi connectivity index (χ4n) is 1.54. The normalized spacial score (nSPS) is 10.4. The fraction of sp³-hybridized carbons (Fsp3) is 0.357. The van der Waals surface area contributed by atoms with Crippen LogP contribution in [0.3, 0.4) is 0 Å². The van der Waals surface area contributed by atoms with E-state index in [0.29, 0.717) is 0 Å². The van der Waals surface area contributed by atoms with E-state index in [0.717, 1.165) is 41.1 Å². The summed E-state index contributed by atoms with van der Waals surface area (Å²) in [6.07, 6.45) is 3.70. The van der Waals surface area contributed by atoms with Gasteiger partial charge in [0.25, 0.3) is 0 Å². The Morgan fingerprint density at radius 1 is 1.16 bits per heavy atom. The van der Waals surface area contributed by atoms with Crippen molar-refractivity contribution in [3.63, 3.8) is 0 Å². The Morgan fingerprint density at radius 3 is 2.74 bits per heavy atom. The Bertz CT molecular complexity index is 516. The molecule has 100 valence electrons. The highest BCUT2D eigenvalue weighted by Gasteiger charge is 2.05. The van der Waals surface area contributed by atoms with E-state index in [9.17, 15) is 0 Å². The first-order chi connectivity index (χ1) is 9.31. The molecule has 0 amide bonds. The van der Waals surface area contributed by atoms with Gasteiger partial charge in [0, 0.05) is 25.2 Å². The van der Waals surface area contributed by atoms with Gasteiger partial charge in [-0.25, -0.2) is 15.0 Å². The van der Waals surface area contributed by atoms with Gasteiger partial charge in [-0.15, -0.1) is 0 Å².